The van der Waals surface area contributed by atoms with Crippen molar-refractivity contribution in [2.45, 2.75) is 30.6 Å². The number of ether oxygens (including phenoxy) is 2. The van der Waals surface area contributed by atoms with E-state index in [9.17, 15) is 8.42 Å². The number of benzene rings is 1. The predicted molar refractivity (Wildman–Crippen MR) is 82.8 cm³/mol. The summed E-state index contributed by atoms with van der Waals surface area (Å²) in [7, 11) is 1.90. The largest absolute Gasteiger partial charge is 0.493 e. The van der Waals surface area contributed by atoms with Crippen molar-refractivity contribution in [3.63, 3.8) is 0 Å². The predicted octanol–water partition coefficient (Wildman–Crippen LogP) is 1.93. The molecule has 0 radical (unpaired) electrons. The summed E-state index contributed by atoms with van der Waals surface area (Å²) in [5.41, 5.74) is 0.908. The number of nitrogens with one attached hydrogen (secondary N) is 1. The Hall–Kier alpha value is -1.27. The number of rotatable bonds is 5. The highest BCUT2D eigenvalue weighted by molar-refractivity contribution is 7.92. The van der Waals surface area contributed by atoms with Crippen molar-refractivity contribution >= 4 is 9.84 Å². The smallest absolute Gasteiger partial charge is 0.161 e. The molecule has 1 N–H and O–H groups in total. The molecule has 1 aromatic carbocycles. The highest BCUT2D eigenvalue weighted by atomic mass is 32.2. The molecule has 0 spiro atoms. The van der Waals surface area contributed by atoms with Crippen molar-refractivity contribution in [3.8, 4) is 11.5 Å². The zero-order chi connectivity index (χ0) is 15.5. The third-order valence-corrected chi connectivity index (χ3v) is 6.37. The Morgan fingerprint density at radius 1 is 1.19 bits per heavy atom. The maximum atomic E-state index is 12.3. The van der Waals surface area contributed by atoms with E-state index in [1.54, 1.807) is 21.3 Å². The van der Waals surface area contributed by atoms with Gasteiger partial charge in [0.1, 0.15) is 0 Å². The van der Waals surface area contributed by atoms with Gasteiger partial charge in [-0.3, -0.25) is 0 Å². The molecule has 2 rings (SSSR count). The summed E-state index contributed by atoms with van der Waals surface area (Å²) >= 11 is 0. The molecule has 1 heterocycles. The summed E-state index contributed by atoms with van der Waals surface area (Å²) in [5, 5.41) is 2.78. The lowest BCUT2D eigenvalue weighted by Crippen LogP contribution is -2.39. The quantitative estimate of drug-likeness (QED) is 0.900. The minimum absolute atomic E-state index is 0.227. The summed E-state index contributed by atoms with van der Waals surface area (Å²) in [5.74, 6) is 1.54. The van der Waals surface area contributed by atoms with Crippen molar-refractivity contribution in [2.75, 3.05) is 27.0 Å². The molecule has 1 aliphatic rings. The summed E-state index contributed by atoms with van der Waals surface area (Å²) in [6, 6.07) is 5.33. The van der Waals surface area contributed by atoms with E-state index in [-0.39, 0.29) is 17.0 Å². The highest BCUT2D eigenvalue weighted by Crippen LogP contribution is 2.35. The standard InChI is InChI=1S/C15H23NO4S/c1-16-15(14-6-4-5-9-21(14,17)18)11-7-8-12(19-2)13(10-11)20-3/h7-8,10,14-16H,4-6,9H2,1-3H3. The Morgan fingerprint density at radius 3 is 2.48 bits per heavy atom. The second kappa shape index (κ2) is 6.66. The lowest BCUT2D eigenvalue weighted by atomic mass is 9.99. The summed E-state index contributed by atoms with van der Waals surface area (Å²) in [6.45, 7) is 0. The number of sulfone groups is 1. The number of methoxy groups -OCH3 is 2. The van der Waals surface area contributed by atoms with Crippen LogP contribution in [0, 0.1) is 0 Å². The minimum atomic E-state index is -3.05. The van der Waals surface area contributed by atoms with Gasteiger partial charge in [0.25, 0.3) is 0 Å². The molecule has 0 saturated carbocycles. The third kappa shape index (κ3) is 3.32. The summed E-state index contributed by atoms with van der Waals surface area (Å²) in [4.78, 5) is 0. The van der Waals surface area contributed by atoms with Crippen molar-refractivity contribution in [1.82, 2.24) is 5.32 Å². The van der Waals surface area contributed by atoms with Crippen molar-refractivity contribution < 1.29 is 17.9 Å². The average Bonchev–Trinajstić information content (AvgIpc) is 2.49. The minimum Gasteiger partial charge on any atom is -0.493 e. The molecule has 118 valence electrons. The first kappa shape index (κ1) is 16.1. The normalized spacial score (nSPS) is 22.5. The van der Waals surface area contributed by atoms with Gasteiger partial charge < -0.3 is 14.8 Å². The zero-order valence-corrected chi connectivity index (χ0v) is 13.6. The summed E-state index contributed by atoms with van der Waals surface area (Å²) in [6.07, 6.45) is 2.42. The van der Waals surface area contributed by atoms with Crippen molar-refractivity contribution in [3.05, 3.63) is 23.8 Å². The molecule has 0 amide bonds. The molecule has 2 unspecified atom stereocenters. The highest BCUT2D eigenvalue weighted by Gasteiger charge is 2.35. The average molecular weight is 313 g/mol. The van der Waals surface area contributed by atoms with Gasteiger partial charge in [0, 0.05) is 6.04 Å². The molecule has 5 nitrogen and oxygen atoms in total. The van der Waals surface area contributed by atoms with Crippen LogP contribution in [0.25, 0.3) is 0 Å². The van der Waals surface area contributed by atoms with Gasteiger partial charge in [-0.25, -0.2) is 8.42 Å². The molecular weight excluding hydrogens is 290 g/mol. The van der Waals surface area contributed by atoms with E-state index in [1.165, 1.54) is 0 Å². The summed E-state index contributed by atoms with van der Waals surface area (Å²) < 4.78 is 35.2. The van der Waals surface area contributed by atoms with Gasteiger partial charge in [-0.2, -0.15) is 0 Å². The van der Waals surface area contributed by atoms with Crippen LogP contribution in [-0.2, 0) is 9.84 Å². The molecule has 21 heavy (non-hydrogen) atoms. The molecule has 1 saturated heterocycles. The fourth-order valence-corrected chi connectivity index (χ4v) is 5.11. The van der Waals surface area contributed by atoms with E-state index in [0.29, 0.717) is 17.9 Å². The van der Waals surface area contributed by atoms with Crippen LogP contribution >= 0.6 is 0 Å². The monoisotopic (exact) mass is 313 g/mol. The van der Waals surface area contributed by atoms with E-state index >= 15 is 0 Å². The molecular formula is C15H23NO4S. The zero-order valence-electron chi connectivity index (χ0n) is 12.8. The Kier molecular flexibility index (Phi) is 5.11. The molecule has 0 aliphatic carbocycles. The van der Waals surface area contributed by atoms with E-state index in [0.717, 1.165) is 18.4 Å². The van der Waals surface area contributed by atoms with Gasteiger partial charge in [0.2, 0.25) is 0 Å². The van der Waals surface area contributed by atoms with Crippen LogP contribution in [0.1, 0.15) is 30.9 Å². The fraction of sp³-hybridized carbons (Fsp3) is 0.600. The Labute approximate surface area is 126 Å². The first-order valence-corrected chi connectivity index (χ1v) is 8.85. The van der Waals surface area contributed by atoms with Crippen molar-refractivity contribution in [2.24, 2.45) is 0 Å². The second-order valence-electron chi connectivity index (χ2n) is 5.28. The molecule has 2 atom stereocenters. The van der Waals surface area contributed by atoms with Gasteiger partial charge in [-0.15, -0.1) is 0 Å². The van der Waals surface area contributed by atoms with E-state index in [1.807, 2.05) is 18.2 Å². The molecule has 1 fully saturated rings. The Bertz CT molecular complexity index is 585. The van der Waals surface area contributed by atoms with Crippen LogP contribution in [0.15, 0.2) is 18.2 Å². The van der Waals surface area contributed by atoms with Crippen molar-refractivity contribution in [1.29, 1.82) is 0 Å². The number of hydrogen-bond donors (Lipinski definition) is 1. The molecule has 0 bridgehead atoms. The molecule has 1 aliphatic heterocycles. The SMILES string of the molecule is CNC(c1ccc(OC)c(OC)c1)C1CCCCS1(=O)=O. The first-order chi connectivity index (χ1) is 10.0. The van der Waals surface area contributed by atoms with Crippen LogP contribution in [0.2, 0.25) is 0 Å². The van der Waals surface area contributed by atoms with E-state index in [4.69, 9.17) is 9.47 Å². The van der Waals surface area contributed by atoms with Gasteiger partial charge in [-0.05, 0) is 37.6 Å². The fourth-order valence-electron chi connectivity index (χ4n) is 2.97. The maximum Gasteiger partial charge on any atom is 0.161 e. The van der Waals surface area contributed by atoms with Crippen LogP contribution in [0.5, 0.6) is 11.5 Å². The van der Waals surface area contributed by atoms with Gasteiger partial charge in [0.05, 0.1) is 25.2 Å². The van der Waals surface area contributed by atoms with E-state index < -0.39 is 9.84 Å². The first-order valence-electron chi connectivity index (χ1n) is 7.14. The molecule has 0 aromatic heterocycles. The van der Waals surface area contributed by atoms with Crippen LogP contribution < -0.4 is 14.8 Å². The maximum absolute atomic E-state index is 12.3. The Balaban J connectivity index is 2.37. The molecule has 6 heteroatoms. The second-order valence-corrected chi connectivity index (χ2v) is 7.62. The molecule has 1 aromatic rings. The van der Waals surface area contributed by atoms with Crippen LogP contribution in [0.4, 0.5) is 0 Å². The lowest BCUT2D eigenvalue weighted by Gasteiger charge is -2.30. The topological polar surface area (TPSA) is 64.6 Å². The van der Waals surface area contributed by atoms with E-state index in [2.05, 4.69) is 5.32 Å². The van der Waals surface area contributed by atoms with Crippen LogP contribution in [-0.4, -0.2) is 40.7 Å². The van der Waals surface area contributed by atoms with Gasteiger partial charge in [-0.1, -0.05) is 12.5 Å². The van der Waals surface area contributed by atoms with Gasteiger partial charge in [0.15, 0.2) is 21.3 Å². The van der Waals surface area contributed by atoms with Crippen LogP contribution in [0.3, 0.4) is 0 Å². The van der Waals surface area contributed by atoms with Gasteiger partial charge >= 0.3 is 0 Å². The third-order valence-electron chi connectivity index (χ3n) is 4.08. The lowest BCUT2D eigenvalue weighted by molar-refractivity contribution is 0.353. The Morgan fingerprint density at radius 2 is 1.90 bits per heavy atom. The number of hydrogen-bond acceptors (Lipinski definition) is 5.